The van der Waals surface area contributed by atoms with Crippen LogP contribution in [0.4, 0.5) is 11.4 Å². The molecule has 2 aromatic carbocycles. The Kier molecular flexibility index (Phi) is 5.39. The number of hydrogen-bond acceptors (Lipinski definition) is 3. The molecule has 0 aliphatic heterocycles. The van der Waals surface area contributed by atoms with Crippen LogP contribution in [0.2, 0.25) is 10.0 Å². The average molecular weight is 341 g/mol. The highest BCUT2D eigenvalue weighted by atomic mass is 35.5. The predicted octanol–water partition coefficient (Wildman–Crippen LogP) is 4.69. The van der Waals surface area contributed by atoms with Crippen LogP contribution in [-0.2, 0) is 4.79 Å². The van der Waals surface area contributed by atoms with Gasteiger partial charge in [-0.3, -0.25) is 4.79 Å². The summed E-state index contributed by atoms with van der Waals surface area (Å²) in [5, 5.41) is 3.48. The summed E-state index contributed by atoms with van der Waals surface area (Å²) >= 11 is 13.3. The van der Waals surface area contributed by atoms with Crippen LogP contribution in [0.3, 0.4) is 0 Å². The molecule has 0 heterocycles. The summed E-state index contributed by atoms with van der Waals surface area (Å²) in [5.74, 6) is -0.124. The maximum atomic E-state index is 12.2. The second kappa shape index (κ2) is 7.07. The maximum Gasteiger partial charge on any atom is 0.237 e. The van der Waals surface area contributed by atoms with E-state index in [4.69, 9.17) is 28.9 Å². The quantitative estimate of drug-likeness (QED) is 0.626. The monoisotopic (exact) mass is 340 g/mol. The van der Waals surface area contributed by atoms with Gasteiger partial charge in [0.15, 0.2) is 0 Å². The van der Waals surface area contributed by atoms with Crippen molar-refractivity contribution in [1.82, 2.24) is 0 Å². The van der Waals surface area contributed by atoms with Crippen molar-refractivity contribution in [3.05, 3.63) is 52.5 Å². The van der Waals surface area contributed by atoms with Gasteiger partial charge >= 0.3 is 0 Å². The van der Waals surface area contributed by atoms with Crippen molar-refractivity contribution in [2.45, 2.75) is 17.1 Å². The minimum absolute atomic E-state index is 0.124. The van der Waals surface area contributed by atoms with Crippen LogP contribution in [0.25, 0.3) is 0 Å². The number of carbonyl (C=O) groups excluding carboxylic acids is 1. The van der Waals surface area contributed by atoms with E-state index in [0.717, 1.165) is 4.90 Å². The van der Waals surface area contributed by atoms with Crippen LogP contribution in [0.5, 0.6) is 0 Å². The van der Waals surface area contributed by atoms with Crippen molar-refractivity contribution >= 4 is 52.2 Å². The molecule has 0 bridgehead atoms. The van der Waals surface area contributed by atoms with E-state index in [-0.39, 0.29) is 11.2 Å². The molecular weight excluding hydrogens is 327 g/mol. The van der Waals surface area contributed by atoms with E-state index in [1.807, 2.05) is 31.2 Å². The average Bonchev–Trinajstić information content (AvgIpc) is 2.44. The summed E-state index contributed by atoms with van der Waals surface area (Å²) in [6, 6.07) is 12.4. The minimum Gasteiger partial charge on any atom is -0.399 e. The number of thioether (sulfide) groups is 1. The van der Waals surface area contributed by atoms with Crippen LogP contribution < -0.4 is 11.1 Å². The fourth-order valence-electron chi connectivity index (χ4n) is 1.63. The standard InChI is InChI=1S/C15H14Cl2N2OS/c1-9(21-12-5-3-11(18)4-6-12)15(20)19-14-7-2-10(16)8-13(14)17/h2-9H,18H2,1H3,(H,19,20). The van der Waals surface area contributed by atoms with Crippen molar-refractivity contribution in [3.63, 3.8) is 0 Å². The maximum absolute atomic E-state index is 12.2. The molecule has 0 saturated carbocycles. The first-order valence-electron chi connectivity index (χ1n) is 6.24. The number of nitrogens with one attached hydrogen (secondary N) is 1. The zero-order chi connectivity index (χ0) is 15.4. The molecular formula is C15H14Cl2N2OS. The van der Waals surface area contributed by atoms with Crippen LogP contribution in [0.15, 0.2) is 47.4 Å². The van der Waals surface area contributed by atoms with Crippen molar-refractivity contribution in [2.24, 2.45) is 0 Å². The van der Waals surface area contributed by atoms with Gasteiger partial charge in [-0.25, -0.2) is 0 Å². The molecule has 2 rings (SSSR count). The number of nitrogen functional groups attached to an aromatic ring is 1. The molecule has 0 saturated heterocycles. The molecule has 0 aliphatic carbocycles. The minimum atomic E-state index is -0.264. The zero-order valence-electron chi connectivity index (χ0n) is 11.3. The normalized spacial score (nSPS) is 12.0. The lowest BCUT2D eigenvalue weighted by Crippen LogP contribution is -2.22. The zero-order valence-corrected chi connectivity index (χ0v) is 13.6. The first kappa shape index (κ1) is 16.0. The summed E-state index contributed by atoms with van der Waals surface area (Å²) in [4.78, 5) is 13.2. The molecule has 0 aromatic heterocycles. The van der Waals surface area contributed by atoms with Gasteiger partial charge in [0.1, 0.15) is 0 Å². The second-order valence-electron chi connectivity index (χ2n) is 4.44. The molecule has 1 amide bonds. The number of nitrogens with two attached hydrogens (primary N) is 1. The third kappa shape index (κ3) is 4.56. The molecule has 110 valence electrons. The van der Waals surface area contributed by atoms with Gasteiger partial charge < -0.3 is 11.1 Å². The Hall–Kier alpha value is -1.36. The van der Waals surface area contributed by atoms with Gasteiger partial charge in [0, 0.05) is 15.6 Å². The van der Waals surface area contributed by atoms with Gasteiger partial charge in [-0.1, -0.05) is 23.2 Å². The summed E-state index contributed by atoms with van der Waals surface area (Å²) < 4.78 is 0. The van der Waals surface area contributed by atoms with Crippen molar-refractivity contribution in [3.8, 4) is 0 Å². The van der Waals surface area contributed by atoms with Gasteiger partial charge in [0.05, 0.1) is 16.0 Å². The van der Waals surface area contributed by atoms with Gasteiger partial charge in [-0.15, -0.1) is 11.8 Å². The van der Waals surface area contributed by atoms with Gasteiger partial charge in [-0.2, -0.15) is 0 Å². The molecule has 0 radical (unpaired) electrons. The predicted molar refractivity (Wildman–Crippen MR) is 91.3 cm³/mol. The first-order valence-corrected chi connectivity index (χ1v) is 7.87. The largest absolute Gasteiger partial charge is 0.399 e. The summed E-state index contributed by atoms with van der Waals surface area (Å²) in [6.45, 7) is 1.83. The fraction of sp³-hybridized carbons (Fsp3) is 0.133. The van der Waals surface area contributed by atoms with Gasteiger partial charge in [0.25, 0.3) is 0 Å². The Bertz CT molecular complexity index is 647. The third-order valence-electron chi connectivity index (χ3n) is 2.75. The van der Waals surface area contributed by atoms with Crippen molar-refractivity contribution in [1.29, 1.82) is 0 Å². The molecule has 21 heavy (non-hydrogen) atoms. The van der Waals surface area contributed by atoms with E-state index in [1.165, 1.54) is 11.8 Å². The molecule has 3 nitrogen and oxygen atoms in total. The Labute approximate surface area is 137 Å². The Morgan fingerprint density at radius 3 is 2.48 bits per heavy atom. The van der Waals surface area contributed by atoms with E-state index >= 15 is 0 Å². The van der Waals surface area contributed by atoms with E-state index in [2.05, 4.69) is 5.32 Å². The SMILES string of the molecule is CC(Sc1ccc(N)cc1)C(=O)Nc1ccc(Cl)cc1Cl. The molecule has 0 fully saturated rings. The number of hydrogen-bond donors (Lipinski definition) is 2. The van der Waals surface area contributed by atoms with Gasteiger partial charge in [0.2, 0.25) is 5.91 Å². The number of rotatable bonds is 4. The van der Waals surface area contributed by atoms with Crippen LogP contribution in [0.1, 0.15) is 6.92 Å². The number of benzene rings is 2. The highest BCUT2D eigenvalue weighted by Gasteiger charge is 2.15. The lowest BCUT2D eigenvalue weighted by atomic mass is 10.3. The van der Waals surface area contributed by atoms with Gasteiger partial charge in [-0.05, 0) is 49.4 Å². The Morgan fingerprint density at radius 2 is 1.86 bits per heavy atom. The summed E-state index contributed by atoms with van der Waals surface area (Å²) in [5.41, 5.74) is 6.88. The van der Waals surface area contributed by atoms with E-state index in [1.54, 1.807) is 18.2 Å². The lowest BCUT2D eigenvalue weighted by Gasteiger charge is -2.13. The molecule has 3 N–H and O–H groups in total. The van der Waals surface area contributed by atoms with E-state index in [0.29, 0.717) is 21.4 Å². The topological polar surface area (TPSA) is 55.1 Å². The summed E-state index contributed by atoms with van der Waals surface area (Å²) in [7, 11) is 0. The first-order chi connectivity index (χ1) is 9.95. The number of carbonyl (C=O) groups is 1. The van der Waals surface area contributed by atoms with Crippen LogP contribution >= 0.6 is 35.0 Å². The third-order valence-corrected chi connectivity index (χ3v) is 4.41. The van der Waals surface area contributed by atoms with Crippen LogP contribution in [-0.4, -0.2) is 11.2 Å². The Morgan fingerprint density at radius 1 is 1.19 bits per heavy atom. The van der Waals surface area contributed by atoms with Crippen molar-refractivity contribution in [2.75, 3.05) is 11.1 Å². The molecule has 0 aliphatic rings. The lowest BCUT2D eigenvalue weighted by molar-refractivity contribution is -0.115. The van der Waals surface area contributed by atoms with Crippen LogP contribution in [0, 0.1) is 0 Å². The highest BCUT2D eigenvalue weighted by Crippen LogP contribution is 2.28. The fourth-order valence-corrected chi connectivity index (χ4v) is 2.95. The number of halogens is 2. The Balaban J connectivity index is 2.00. The smallest absolute Gasteiger partial charge is 0.237 e. The molecule has 6 heteroatoms. The second-order valence-corrected chi connectivity index (χ2v) is 6.70. The molecule has 0 spiro atoms. The van der Waals surface area contributed by atoms with E-state index < -0.39 is 0 Å². The highest BCUT2D eigenvalue weighted by molar-refractivity contribution is 8.00. The number of amides is 1. The molecule has 1 atom stereocenters. The summed E-state index contributed by atoms with van der Waals surface area (Å²) in [6.07, 6.45) is 0. The number of anilines is 2. The molecule has 2 aromatic rings. The van der Waals surface area contributed by atoms with Crippen molar-refractivity contribution < 1.29 is 4.79 Å². The molecule has 1 unspecified atom stereocenters. The van der Waals surface area contributed by atoms with E-state index in [9.17, 15) is 4.79 Å².